The highest BCUT2D eigenvalue weighted by atomic mass is 32.2. The second-order valence-corrected chi connectivity index (χ2v) is 11.4. The van der Waals surface area contributed by atoms with Crippen LogP contribution in [0.1, 0.15) is 41.6 Å². The first-order valence-electron chi connectivity index (χ1n) is 11.4. The van der Waals surface area contributed by atoms with Gasteiger partial charge < -0.3 is 15.1 Å². The molecule has 4 heterocycles. The Morgan fingerprint density at radius 1 is 1.20 bits per heavy atom. The maximum Gasteiger partial charge on any atom is 0.256 e. The zero-order chi connectivity index (χ0) is 24.6. The van der Waals surface area contributed by atoms with Crippen LogP contribution in [0.5, 0.6) is 0 Å². The molecule has 0 saturated heterocycles. The number of carbonyl (C=O) groups excluding carboxylic acids is 1. The van der Waals surface area contributed by atoms with Gasteiger partial charge in [-0.1, -0.05) is 0 Å². The molecule has 2 aliphatic rings. The summed E-state index contributed by atoms with van der Waals surface area (Å²) in [7, 11) is -3.68. The van der Waals surface area contributed by atoms with Crippen LogP contribution in [0.2, 0.25) is 0 Å². The molecular formula is C24H24N6O4S. The van der Waals surface area contributed by atoms with E-state index < -0.39 is 9.84 Å². The SMILES string of the molecule is Cc1ncc(-c2cn3c(-c4cc5c(c(S(C)(=O)=O)c4)C(=O)N([C@@H](C)C4CC4)C5)cnc3c(N)n2)o1. The van der Waals surface area contributed by atoms with Crippen molar-refractivity contribution in [1.29, 1.82) is 0 Å². The molecule has 1 amide bonds. The summed E-state index contributed by atoms with van der Waals surface area (Å²) in [6.45, 7) is 4.15. The second kappa shape index (κ2) is 7.38. The number of aryl methyl sites for hydroxylation is 1. The normalized spacial score (nSPS) is 16.8. The summed E-state index contributed by atoms with van der Waals surface area (Å²) in [5, 5.41) is 0. The van der Waals surface area contributed by atoms with Crippen molar-refractivity contribution in [3.05, 3.63) is 47.7 Å². The minimum atomic E-state index is -3.68. The number of hydrogen-bond donors (Lipinski definition) is 1. The first kappa shape index (κ1) is 21.8. The fourth-order valence-electron chi connectivity index (χ4n) is 4.87. The van der Waals surface area contributed by atoms with Crippen LogP contribution in [0.15, 0.2) is 40.0 Å². The van der Waals surface area contributed by atoms with Gasteiger partial charge in [0.2, 0.25) is 0 Å². The van der Waals surface area contributed by atoms with E-state index in [1.807, 2.05) is 13.0 Å². The number of benzene rings is 1. The van der Waals surface area contributed by atoms with Crippen LogP contribution in [0.25, 0.3) is 28.4 Å². The van der Waals surface area contributed by atoms with E-state index in [9.17, 15) is 13.2 Å². The zero-order valence-corrected chi connectivity index (χ0v) is 20.3. The van der Waals surface area contributed by atoms with E-state index in [0.717, 1.165) is 19.1 Å². The molecule has 0 spiro atoms. The Bertz CT molecular complexity index is 1630. The smallest absolute Gasteiger partial charge is 0.256 e. The van der Waals surface area contributed by atoms with Crippen molar-refractivity contribution in [3.63, 3.8) is 0 Å². The van der Waals surface area contributed by atoms with Gasteiger partial charge in [-0.2, -0.15) is 0 Å². The lowest BCUT2D eigenvalue weighted by Gasteiger charge is -2.24. The molecule has 3 aromatic heterocycles. The number of fused-ring (bicyclic) bond motifs is 2. The molecule has 10 nitrogen and oxygen atoms in total. The molecule has 6 rings (SSSR count). The topological polar surface area (TPSA) is 137 Å². The summed E-state index contributed by atoms with van der Waals surface area (Å²) < 4.78 is 33.0. The molecule has 35 heavy (non-hydrogen) atoms. The minimum absolute atomic E-state index is 0.0311. The third-order valence-electron chi connectivity index (χ3n) is 6.88. The quantitative estimate of drug-likeness (QED) is 0.449. The van der Waals surface area contributed by atoms with Crippen molar-refractivity contribution >= 4 is 27.2 Å². The predicted molar refractivity (Wildman–Crippen MR) is 128 cm³/mol. The van der Waals surface area contributed by atoms with Gasteiger partial charge in [-0.25, -0.2) is 23.4 Å². The number of imidazole rings is 1. The van der Waals surface area contributed by atoms with Crippen molar-refractivity contribution < 1.29 is 17.6 Å². The molecule has 11 heteroatoms. The van der Waals surface area contributed by atoms with E-state index in [2.05, 4.69) is 15.0 Å². The Labute approximate surface area is 201 Å². The van der Waals surface area contributed by atoms with Gasteiger partial charge in [0.1, 0.15) is 5.69 Å². The Balaban J connectivity index is 1.52. The minimum Gasteiger partial charge on any atom is -0.439 e. The van der Waals surface area contributed by atoms with Crippen LogP contribution < -0.4 is 5.73 Å². The summed E-state index contributed by atoms with van der Waals surface area (Å²) in [6, 6.07) is 3.50. The fourth-order valence-corrected chi connectivity index (χ4v) is 5.80. The monoisotopic (exact) mass is 492 g/mol. The number of nitrogens with two attached hydrogens (primary N) is 1. The van der Waals surface area contributed by atoms with Crippen LogP contribution in [-0.2, 0) is 16.4 Å². The molecular weight excluding hydrogens is 468 g/mol. The highest BCUT2D eigenvalue weighted by molar-refractivity contribution is 7.90. The number of nitrogens with zero attached hydrogens (tertiary/aromatic N) is 5. The molecule has 0 radical (unpaired) electrons. The fraction of sp³-hybridized carbons (Fsp3) is 0.333. The summed E-state index contributed by atoms with van der Waals surface area (Å²) in [5.74, 6) is 1.41. The lowest BCUT2D eigenvalue weighted by Crippen LogP contribution is -2.35. The van der Waals surface area contributed by atoms with E-state index in [1.165, 1.54) is 0 Å². The van der Waals surface area contributed by atoms with Crippen LogP contribution in [0, 0.1) is 12.8 Å². The molecule has 4 aromatic rings. The van der Waals surface area contributed by atoms with Gasteiger partial charge in [0, 0.05) is 37.5 Å². The Hall–Kier alpha value is -3.73. The number of aromatic nitrogens is 4. The van der Waals surface area contributed by atoms with E-state index in [0.29, 0.717) is 52.3 Å². The number of oxazole rings is 1. The third-order valence-corrected chi connectivity index (χ3v) is 8.00. The van der Waals surface area contributed by atoms with Crippen molar-refractivity contribution in [2.45, 2.75) is 44.2 Å². The Morgan fingerprint density at radius 2 is 1.97 bits per heavy atom. The lowest BCUT2D eigenvalue weighted by atomic mass is 10.0. The van der Waals surface area contributed by atoms with Crippen molar-refractivity contribution in [2.24, 2.45) is 5.92 Å². The van der Waals surface area contributed by atoms with Crippen molar-refractivity contribution in [2.75, 3.05) is 12.0 Å². The van der Waals surface area contributed by atoms with Crippen molar-refractivity contribution in [3.8, 4) is 22.7 Å². The molecule has 1 fully saturated rings. The summed E-state index contributed by atoms with van der Waals surface area (Å²) >= 11 is 0. The van der Waals surface area contributed by atoms with Gasteiger partial charge in [-0.3, -0.25) is 9.20 Å². The average molecular weight is 493 g/mol. The van der Waals surface area contributed by atoms with Gasteiger partial charge in [0.15, 0.2) is 33.0 Å². The van der Waals surface area contributed by atoms with E-state index >= 15 is 0 Å². The van der Waals surface area contributed by atoms with Gasteiger partial charge in [0.25, 0.3) is 5.91 Å². The molecule has 1 aliphatic carbocycles. The molecule has 0 bridgehead atoms. The third kappa shape index (κ3) is 3.49. The van der Waals surface area contributed by atoms with E-state index in [1.54, 1.807) is 40.9 Å². The summed E-state index contributed by atoms with van der Waals surface area (Å²) in [4.78, 5) is 28.0. The standard InChI is InChI=1S/C24H24N6O4S/c1-12(14-4-5-14)29-10-16-6-15(7-20(35(3,32)33)21(16)24(29)31)18-8-27-23-22(25)28-17(11-30(18)23)19-9-26-13(2)34-19/h6-9,11-12,14H,4-5,10H2,1-3H3,(H2,25,28)/t12-/m0/s1. The summed E-state index contributed by atoms with van der Waals surface area (Å²) in [6.07, 6.45) is 8.24. The Morgan fingerprint density at radius 3 is 2.63 bits per heavy atom. The van der Waals surface area contributed by atoms with Crippen LogP contribution in [-0.4, -0.2) is 50.9 Å². The average Bonchev–Trinajstić information content (AvgIpc) is 3.27. The number of amides is 1. The molecule has 2 N–H and O–H groups in total. The zero-order valence-electron chi connectivity index (χ0n) is 19.5. The molecule has 0 unspecified atom stereocenters. The number of nitrogen functional groups attached to an aromatic ring is 1. The van der Waals surface area contributed by atoms with Gasteiger partial charge in [-0.05, 0) is 43.4 Å². The van der Waals surface area contributed by atoms with Gasteiger partial charge in [-0.15, -0.1) is 0 Å². The van der Waals surface area contributed by atoms with E-state index in [4.69, 9.17) is 10.2 Å². The van der Waals surface area contributed by atoms with Crippen LogP contribution in [0.4, 0.5) is 5.82 Å². The molecule has 1 aromatic carbocycles. The molecule has 180 valence electrons. The molecule has 1 saturated carbocycles. The maximum absolute atomic E-state index is 13.3. The van der Waals surface area contributed by atoms with Crippen LogP contribution >= 0.6 is 0 Å². The molecule has 1 atom stereocenters. The van der Waals surface area contributed by atoms with Crippen LogP contribution in [0.3, 0.4) is 0 Å². The maximum atomic E-state index is 13.3. The summed E-state index contributed by atoms with van der Waals surface area (Å²) in [5.41, 5.74) is 9.30. The number of carbonyl (C=O) groups is 1. The molecule has 1 aliphatic heterocycles. The highest BCUT2D eigenvalue weighted by Gasteiger charge is 2.41. The van der Waals surface area contributed by atoms with Gasteiger partial charge >= 0.3 is 0 Å². The van der Waals surface area contributed by atoms with E-state index in [-0.39, 0.29) is 28.2 Å². The number of sulfone groups is 1. The largest absolute Gasteiger partial charge is 0.439 e. The number of rotatable bonds is 5. The highest BCUT2D eigenvalue weighted by Crippen LogP contribution is 2.41. The van der Waals surface area contributed by atoms with Gasteiger partial charge in [0.05, 0.1) is 28.5 Å². The predicted octanol–water partition coefficient (Wildman–Crippen LogP) is 3.10. The first-order chi connectivity index (χ1) is 16.6. The van der Waals surface area contributed by atoms with Crippen molar-refractivity contribution in [1.82, 2.24) is 24.3 Å². The second-order valence-electron chi connectivity index (χ2n) is 9.38. The first-order valence-corrected chi connectivity index (χ1v) is 13.3. The number of hydrogen-bond acceptors (Lipinski definition) is 8. The number of anilines is 1. The Kier molecular flexibility index (Phi) is 4.59. The lowest BCUT2D eigenvalue weighted by molar-refractivity contribution is 0.0694.